The fourth-order valence-corrected chi connectivity index (χ4v) is 6.41. The summed E-state index contributed by atoms with van der Waals surface area (Å²) in [5.41, 5.74) is 5.33. The van der Waals surface area contributed by atoms with Crippen LogP contribution >= 0.6 is 0 Å². The van der Waals surface area contributed by atoms with E-state index in [1.807, 2.05) is 17.0 Å². The van der Waals surface area contributed by atoms with Gasteiger partial charge in [-0.2, -0.15) is 0 Å². The van der Waals surface area contributed by atoms with E-state index in [0.29, 0.717) is 25.6 Å². The number of hydrogen-bond donors (Lipinski definition) is 0. The quantitative estimate of drug-likeness (QED) is 0.328. The number of carbonyl (C=O) groups is 1. The van der Waals surface area contributed by atoms with Crippen LogP contribution in [0, 0.1) is 11.7 Å². The highest BCUT2D eigenvalue weighted by atomic mass is 19.1. The molecule has 6 rings (SSSR count). The summed E-state index contributed by atoms with van der Waals surface area (Å²) in [5.74, 6) is 2.42. The third-order valence-electron chi connectivity index (χ3n) is 8.93. The van der Waals surface area contributed by atoms with Crippen molar-refractivity contribution in [3.63, 3.8) is 0 Å². The van der Waals surface area contributed by atoms with Crippen LogP contribution in [0.3, 0.4) is 0 Å². The topological polar surface area (TPSA) is 48.4 Å². The predicted molar refractivity (Wildman–Crippen MR) is 164 cm³/mol. The first-order chi connectivity index (χ1) is 20.5. The number of hydrogen-bond acceptors (Lipinski definition) is 5. The molecule has 42 heavy (non-hydrogen) atoms. The number of rotatable bonds is 9. The summed E-state index contributed by atoms with van der Waals surface area (Å²) < 4.78 is 19.5. The largest absolute Gasteiger partial charge is 0.494 e. The van der Waals surface area contributed by atoms with Gasteiger partial charge in [0.1, 0.15) is 17.4 Å². The minimum absolute atomic E-state index is 0.0388. The van der Waals surface area contributed by atoms with E-state index in [9.17, 15) is 9.18 Å². The monoisotopic (exact) mass is 568 g/mol. The van der Waals surface area contributed by atoms with Gasteiger partial charge in [-0.15, -0.1) is 0 Å². The Kier molecular flexibility index (Phi) is 8.84. The van der Waals surface area contributed by atoms with E-state index < -0.39 is 0 Å². The number of halogens is 1. The summed E-state index contributed by atoms with van der Waals surface area (Å²) in [4.78, 5) is 24.5. The lowest BCUT2D eigenvalue weighted by molar-refractivity contribution is 0.0749. The molecule has 3 aliphatic rings. The Morgan fingerprint density at radius 2 is 1.64 bits per heavy atom. The number of ether oxygens (including phenoxy) is 1. The summed E-state index contributed by atoms with van der Waals surface area (Å²) in [7, 11) is 2.11. The zero-order chi connectivity index (χ0) is 28.9. The smallest absolute Gasteiger partial charge is 0.254 e. The lowest BCUT2D eigenvalue weighted by Gasteiger charge is -2.32. The number of aryl methyl sites for hydroxylation is 1. The second-order valence-electron chi connectivity index (χ2n) is 12.0. The maximum Gasteiger partial charge on any atom is 0.254 e. The van der Waals surface area contributed by atoms with Gasteiger partial charge in [0, 0.05) is 44.4 Å². The molecule has 0 spiro atoms. The van der Waals surface area contributed by atoms with Gasteiger partial charge < -0.3 is 14.5 Å². The number of amidine groups is 1. The van der Waals surface area contributed by atoms with Crippen LogP contribution in [0.2, 0.25) is 0 Å². The molecule has 0 saturated carbocycles. The Hall–Kier alpha value is -3.71. The molecule has 3 aliphatic heterocycles. The van der Waals surface area contributed by atoms with Crippen LogP contribution in [0.15, 0.2) is 71.7 Å². The molecule has 0 aromatic heterocycles. The van der Waals surface area contributed by atoms with E-state index in [0.717, 1.165) is 80.3 Å². The van der Waals surface area contributed by atoms with Crippen LogP contribution in [0.1, 0.15) is 58.3 Å². The molecule has 7 heteroatoms. The van der Waals surface area contributed by atoms with Crippen molar-refractivity contribution in [2.45, 2.75) is 45.2 Å². The van der Waals surface area contributed by atoms with Crippen molar-refractivity contribution < 1.29 is 13.9 Å². The van der Waals surface area contributed by atoms with Crippen LogP contribution < -0.4 is 4.74 Å². The van der Waals surface area contributed by atoms with Gasteiger partial charge in [-0.05, 0) is 98.1 Å². The number of amides is 1. The standard InChI is InChI=1S/C35H41FN4O2/c1-38-21-17-37-34(38)29-8-4-27(5-9-29)24-39-19-14-26(15-20-39)16-22-42-32-12-13-33-30(23-32)3-2-18-40(35(33)41)25-28-6-10-31(36)11-7-28/h4-13,23,26H,2-3,14-22,24-25H2,1H3. The zero-order valence-corrected chi connectivity index (χ0v) is 24.6. The van der Waals surface area contributed by atoms with Gasteiger partial charge in [0.25, 0.3) is 5.91 Å². The second kappa shape index (κ2) is 13.1. The van der Waals surface area contributed by atoms with Gasteiger partial charge >= 0.3 is 0 Å². The van der Waals surface area contributed by atoms with Crippen LogP contribution in [0.5, 0.6) is 5.75 Å². The summed E-state index contributed by atoms with van der Waals surface area (Å²) >= 11 is 0. The molecule has 0 atom stereocenters. The number of fused-ring (bicyclic) bond motifs is 1. The molecule has 1 saturated heterocycles. The molecular formula is C35H41FN4O2. The summed E-state index contributed by atoms with van der Waals surface area (Å²) in [6.07, 6.45) is 5.21. The van der Waals surface area contributed by atoms with E-state index in [4.69, 9.17) is 4.74 Å². The lowest BCUT2D eigenvalue weighted by Crippen LogP contribution is -2.33. The van der Waals surface area contributed by atoms with Crippen molar-refractivity contribution in [3.8, 4) is 5.75 Å². The van der Waals surface area contributed by atoms with Gasteiger partial charge in [0.2, 0.25) is 0 Å². The molecule has 220 valence electrons. The highest BCUT2D eigenvalue weighted by molar-refractivity contribution is 5.99. The Bertz CT molecular complexity index is 1400. The van der Waals surface area contributed by atoms with Crippen molar-refractivity contribution in [3.05, 3.63) is 100 Å². The van der Waals surface area contributed by atoms with E-state index in [1.54, 1.807) is 12.1 Å². The summed E-state index contributed by atoms with van der Waals surface area (Å²) in [6.45, 7) is 7.03. The Morgan fingerprint density at radius 1 is 0.905 bits per heavy atom. The lowest BCUT2D eigenvalue weighted by atomic mass is 9.93. The van der Waals surface area contributed by atoms with Crippen molar-refractivity contribution >= 4 is 11.7 Å². The van der Waals surface area contributed by atoms with Gasteiger partial charge in [-0.25, -0.2) is 4.39 Å². The van der Waals surface area contributed by atoms with Gasteiger partial charge in [-0.3, -0.25) is 14.7 Å². The molecule has 0 radical (unpaired) electrons. The fraction of sp³-hybridized carbons (Fsp3) is 0.429. The SMILES string of the molecule is CN1CCN=C1c1ccc(CN2CCC(CCOc3ccc4c(c3)CCCN(Cc3ccc(F)cc3)C4=O)CC2)cc1. The molecule has 0 unspecified atom stereocenters. The average Bonchev–Trinajstić information content (AvgIpc) is 3.38. The van der Waals surface area contributed by atoms with Crippen LogP contribution in [0.25, 0.3) is 0 Å². The average molecular weight is 569 g/mol. The van der Waals surface area contributed by atoms with Crippen LogP contribution in [-0.4, -0.2) is 72.8 Å². The third-order valence-corrected chi connectivity index (χ3v) is 8.93. The first kappa shape index (κ1) is 28.4. The van der Waals surface area contributed by atoms with Crippen molar-refractivity contribution in [1.82, 2.24) is 14.7 Å². The molecule has 6 nitrogen and oxygen atoms in total. The summed E-state index contributed by atoms with van der Waals surface area (Å²) in [6, 6.07) is 21.2. The molecule has 3 aromatic rings. The number of benzene rings is 3. The van der Waals surface area contributed by atoms with Gasteiger partial charge in [0.05, 0.1) is 13.2 Å². The molecule has 1 amide bonds. The highest BCUT2D eigenvalue weighted by Crippen LogP contribution is 2.27. The van der Waals surface area contributed by atoms with Crippen molar-refractivity contribution in [2.75, 3.05) is 46.4 Å². The van der Waals surface area contributed by atoms with Gasteiger partial charge in [-0.1, -0.05) is 36.4 Å². The fourth-order valence-electron chi connectivity index (χ4n) is 6.41. The Morgan fingerprint density at radius 3 is 2.38 bits per heavy atom. The molecular weight excluding hydrogens is 527 g/mol. The second-order valence-corrected chi connectivity index (χ2v) is 12.0. The minimum atomic E-state index is -0.259. The first-order valence-electron chi connectivity index (χ1n) is 15.4. The Balaban J connectivity index is 0.945. The number of piperidine rings is 1. The third kappa shape index (κ3) is 6.84. The Labute approximate surface area is 248 Å². The molecule has 3 heterocycles. The number of carbonyl (C=O) groups excluding carboxylic acids is 1. The normalized spacial score (nSPS) is 18.1. The van der Waals surface area contributed by atoms with E-state index in [2.05, 4.69) is 52.2 Å². The van der Waals surface area contributed by atoms with E-state index >= 15 is 0 Å². The molecule has 0 N–H and O–H groups in total. The molecule has 1 fully saturated rings. The zero-order valence-electron chi connectivity index (χ0n) is 24.6. The molecule has 3 aromatic carbocycles. The van der Waals surface area contributed by atoms with Crippen molar-refractivity contribution in [2.24, 2.45) is 10.9 Å². The maximum absolute atomic E-state index is 13.3. The number of likely N-dealkylation sites (tertiary alicyclic amines) is 1. The maximum atomic E-state index is 13.3. The molecule has 0 aliphatic carbocycles. The number of likely N-dealkylation sites (N-methyl/N-ethyl adjacent to an activating group) is 1. The predicted octanol–water partition coefficient (Wildman–Crippen LogP) is 5.79. The van der Waals surface area contributed by atoms with E-state index in [1.165, 1.54) is 36.1 Å². The van der Waals surface area contributed by atoms with Gasteiger partial charge in [0.15, 0.2) is 0 Å². The minimum Gasteiger partial charge on any atom is -0.494 e. The number of aliphatic imine (C=N–C) groups is 1. The van der Waals surface area contributed by atoms with Crippen LogP contribution in [0.4, 0.5) is 4.39 Å². The van der Waals surface area contributed by atoms with Crippen LogP contribution in [-0.2, 0) is 19.5 Å². The number of nitrogens with zero attached hydrogens (tertiary/aromatic N) is 4. The van der Waals surface area contributed by atoms with Crippen molar-refractivity contribution in [1.29, 1.82) is 0 Å². The highest BCUT2D eigenvalue weighted by Gasteiger charge is 2.24. The summed E-state index contributed by atoms with van der Waals surface area (Å²) in [5, 5.41) is 0. The first-order valence-corrected chi connectivity index (χ1v) is 15.4. The van der Waals surface area contributed by atoms with E-state index in [-0.39, 0.29) is 11.7 Å². The molecule has 0 bridgehead atoms.